The van der Waals surface area contributed by atoms with Gasteiger partial charge in [-0.15, -0.1) is 47.3 Å². The quantitative estimate of drug-likeness (QED) is 0.245. The predicted octanol–water partition coefficient (Wildman–Crippen LogP) is 4.64. The molecule has 178 valence electrons. The third-order valence-electron chi connectivity index (χ3n) is 4.86. The molecular formula is C22H26F3IN6O. The fourth-order valence-electron chi connectivity index (χ4n) is 2.97. The van der Waals surface area contributed by atoms with Crippen LogP contribution in [0.1, 0.15) is 35.7 Å². The summed E-state index contributed by atoms with van der Waals surface area (Å²) < 4.78 is 44.2. The second kappa shape index (κ2) is 11.9. The van der Waals surface area contributed by atoms with Crippen LogP contribution < -0.4 is 15.4 Å². The molecule has 3 rings (SSSR count). The number of para-hydroxylation sites is 1. The van der Waals surface area contributed by atoms with Crippen molar-refractivity contribution >= 4 is 29.9 Å². The highest BCUT2D eigenvalue weighted by molar-refractivity contribution is 14.0. The number of rotatable bonds is 7. The van der Waals surface area contributed by atoms with Crippen LogP contribution in [-0.2, 0) is 20.1 Å². The molecule has 0 amide bonds. The first-order valence-corrected chi connectivity index (χ1v) is 10.0. The maximum atomic E-state index is 12.7. The van der Waals surface area contributed by atoms with Crippen molar-refractivity contribution in [3.63, 3.8) is 0 Å². The summed E-state index contributed by atoms with van der Waals surface area (Å²) in [5.74, 6) is 1.61. The fourth-order valence-corrected chi connectivity index (χ4v) is 2.97. The van der Waals surface area contributed by atoms with E-state index in [9.17, 15) is 13.2 Å². The van der Waals surface area contributed by atoms with Gasteiger partial charge in [0, 0.05) is 12.6 Å². The summed E-state index contributed by atoms with van der Waals surface area (Å²) in [6.45, 7) is 4.14. The molecular weight excluding hydrogens is 548 g/mol. The van der Waals surface area contributed by atoms with E-state index in [-0.39, 0.29) is 42.3 Å². The topological polar surface area (TPSA) is 76.4 Å². The fraction of sp³-hybridized carbons (Fsp3) is 0.318. The van der Waals surface area contributed by atoms with Crippen molar-refractivity contribution in [1.82, 2.24) is 25.4 Å². The minimum atomic E-state index is -4.77. The number of hydrogen-bond acceptors (Lipinski definition) is 4. The third-order valence-corrected chi connectivity index (χ3v) is 4.86. The molecule has 0 aliphatic rings. The van der Waals surface area contributed by atoms with Crippen molar-refractivity contribution in [2.24, 2.45) is 12.0 Å². The van der Waals surface area contributed by atoms with Crippen molar-refractivity contribution in [3.8, 4) is 5.75 Å². The van der Waals surface area contributed by atoms with Gasteiger partial charge in [0.25, 0.3) is 0 Å². The Balaban J connectivity index is 0.00000385. The van der Waals surface area contributed by atoms with E-state index < -0.39 is 6.36 Å². The molecule has 0 bridgehead atoms. The predicted molar refractivity (Wildman–Crippen MR) is 130 cm³/mol. The first kappa shape index (κ1) is 26.4. The van der Waals surface area contributed by atoms with Gasteiger partial charge in [-0.2, -0.15) is 0 Å². The van der Waals surface area contributed by atoms with Gasteiger partial charge in [-0.05, 0) is 25.5 Å². The maximum absolute atomic E-state index is 12.7. The lowest BCUT2D eigenvalue weighted by molar-refractivity contribution is -0.274. The molecule has 1 atom stereocenters. The summed E-state index contributed by atoms with van der Waals surface area (Å²) in [4.78, 5) is 4.49. The van der Waals surface area contributed by atoms with E-state index in [1.54, 1.807) is 12.1 Å². The van der Waals surface area contributed by atoms with E-state index in [0.717, 1.165) is 11.4 Å². The molecule has 1 heterocycles. The number of aliphatic imine (C=N–C) groups is 1. The van der Waals surface area contributed by atoms with Gasteiger partial charge in [0.2, 0.25) is 0 Å². The zero-order chi connectivity index (χ0) is 23.1. The number of alkyl halides is 3. The SMILES string of the molecule is Cc1nnc(CNC(=NCc2ccccc2OC(F)(F)F)NC(C)c2ccccc2)n1C.I. The average Bonchev–Trinajstić information content (AvgIpc) is 3.08. The van der Waals surface area contributed by atoms with E-state index >= 15 is 0 Å². The number of hydrogen-bond donors (Lipinski definition) is 2. The Morgan fingerprint density at radius 1 is 1.09 bits per heavy atom. The molecule has 33 heavy (non-hydrogen) atoms. The van der Waals surface area contributed by atoms with Crippen molar-refractivity contribution in [3.05, 3.63) is 77.4 Å². The Kier molecular flexibility index (Phi) is 9.50. The van der Waals surface area contributed by atoms with Gasteiger partial charge in [0.05, 0.1) is 19.1 Å². The Bertz CT molecular complexity index is 1060. The first-order chi connectivity index (χ1) is 15.2. The molecule has 1 unspecified atom stereocenters. The van der Waals surface area contributed by atoms with Crippen LogP contribution in [0.5, 0.6) is 5.75 Å². The highest BCUT2D eigenvalue weighted by Gasteiger charge is 2.31. The molecule has 1 aromatic heterocycles. The van der Waals surface area contributed by atoms with E-state index in [1.165, 1.54) is 12.1 Å². The minimum absolute atomic E-state index is 0. The number of nitrogens with one attached hydrogen (secondary N) is 2. The monoisotopic (exact) mass is 574 g/mol. The summed E-state index contributed by atoms with van der Waals surface area (Å²) in [5, 5.41) is 14.6. The van der Waals surface area contributed by atoms with Crippen LogP contribution in [0.25, 0.3) is 0 Å². The van der Waals surface area contributed by atoms with Crippen LogP contribution in [0.15, 0.2) is 59.6 Å². The van der Waals surface area contributed by atoms with Gasteiger partial charge < -0.3 is 19.9 Å². The summed E-state index contributed by atoms with van der Waals surface area (Å²) in [5.41, 5.74) is 1.35. The van der Waals surface area contributed by atoms with Gasteiger partial charge in [-0.3, -0.25) is 0 Å². The largest absolute Gasteiger partial charge is 0.573 e. The van der Waals surface area contributed by atoms with Gasteiger partial charge in [0.1, 0.15) is 11.6 Å². The smallest absolute Gasteiger partial charge is 0.405 e. The van der Waals surface area contributed by atoms with E-state index in [4.69, 9.17) is 0 Å². The number of ether oxygens (including phenoxy) is 1. The van der Waals surface area contributed by atoms with Gasteiger partial charge in [0.15, 0.2) is 11.8 Å². The first-order valence-electron chi connectivity index (χ1n) is 10.0. The van der Waals surface area contributed by atoms with Crippen molar-refractivity contribution < 1.29 is 17.9 Å². The normalized spacial score (nSPS) is 12.6. The van der Waals surface area contributed by atoms with Crippen LogP contribution in [0.4, 0.5) is 13.2 Å². The minimum Gasteiger partial charge on any atom is -0.405 e. The number of halogens is 4. The summed E-state index contributed by atoms with van der Waals surface area (Å²) in [6, 6.07) is 15.6. The van der Waals surface area contributed by atoms with E-state index in [1.807, 2.05) is 55.8 Å². The molecule has 11 heteroatoms. The molecule has 2 N–H and O–H groups in total. The van der Waals surface area contributed by atoms with Gasteiger partial charge in [-0.25, -0.2) is 4.99 Å². The Morgan fingerprint density at radius 2 is 1.76 bits per heavy atom. The molecule has 0 radical (unpaired) electrons. The van der Waals surface area contributed by atoms with E-state index in [2.05, 4.69) is 30.6 Å². The third kappa shape index (κ3) is 7.91. The lowest BCUT2D eigenvalue weighted by atomic mass is 10.1. The Labute approximate surface area is 207 Å². The van der Waals surface area contributed by atoms with Crippen LogP contribution in [-0.4, -0.2) is 27.1 Å². The van der Waals surface area contributed by atoms with Crippen LogP contribution in [0, 0.1) is 6.92 Å². The second-order valence-corrected chi connectivity index (χ2v) is 7.17. The molecule has 0 saturated carbocycles. The number of guanidine groups is 1. The van der Waals surface area contributed by atoms with E-state index in [0.29, 0.717) is 23.9 Å². The zero-order valence-corrected chi connectivity index (χ0v) is 20.8. The molecule has 2 aromatic carbocycles. The number of nitrogens with zero attached hydrogens (tertiary/aromatic N) is 4. The number of aryl methyl sites for hydroxylation is 1. The Hall–Kier alpha value is -2.83. The van der Waals surface area contributed by atoms with Crippen LogP contribution in [0.2, 0.25) is 0 Å². The highest BCUT2D eigenvalue weighted by atomic mass is 127. The van der Waals surface area contributed by atoms with Crippen LogP contribution in [0.3, 0.4) is 0 Å². The van der Waals surface area contributed by atoms with Gasteiger partial charge in [-0.1, -0.05) is 48.5 Å². The lowest BCUT2D eigenvalue weighted by Crippen LogP contribution is -2.39. The number of aromatic nitrogens is 3. The van der Waals surface area contributed by atoms with Crippen molar-refractivity contribution in [2.75, 3.05) is 0 Å². The van der Waals surface area contributed by atoms with Gasteiger partial charge >= 0.3 is 6.36 Å². The summed E-state index contributed by atoms with van der Waals surface area (Å²) in [6.07, 6.45) is -4.77. The summed E-state index contributed by atoms with van der Waals surface area (Å²) in [7, 11) is 1.86. The average molecular weight is 574 g/mol. The molecule has 0 spiro atoms. The second-order valence-electron chi connectivity index (χ2n) is 7.17. The summed E-state index contributed by atoms with van der Waals surface area (Å²) >= 11 is 0. The number of benzene rings is 2. The Morgan fingerprint density at radius 3 is 2.39 bits per heavy atom. The zero-order valence-electron chi connectivity index (χ0n) is 18.4. The molecule has 3 aromatic rings. The lowest BCUT2D eigenvalue weighted by Gasteiger charge is -2.19. The molecule has 0 aliphatic heterocycles. The van der Waals surface area contributed by atoms with Crippen molar-refractivity contribution in [2.45, 2.75) is 39.3 Å². The highest BCUT2D eigenvalue weighted by Crippen LogP contribution is 2.26. The van der Waals surface area contributed by atoms with Crippen molar-refractivity contribution in [1.29, 1.82) is 0 Å². The maximum Gasteiger partial charge on any atom is 0.573 e. The molecule has 0 aliphatic carbocycles. The molecule has 7 nitrogen and oxygen atoms in total. The molecule has 0 saturated heterocycles. The van der Waals surface area contributed by atoms with Crippen LogP contribution >= 0.6 is 24.0 Å². The molecule has 0 fully saturated rings. The standard InChI is InChI=1S/C22H25F3N6O.HI/c1-15(17-9-5-4-6-10-17)28-21(27-14-20-30-29-16(2)31(20)3)26-13-18-11-7-8-12-19(18)32-22(23,24)25;/h4-12,15H,13-14H2,1-3H3,(H2,26,27,28);1H.